The molecule has 3 nitrogen and oxygen atoms in total. The van der Waals surface area contributed by atoms with Gasteiger partial charge in [-0.3, -0.25) is 0 Å². The first kappa shape index (κ1) is 15.2. The summed E-state index contributed by atoms with van der Waals surface area (Å²) in [6.45, 7) is 10.5. The smallest absolute Gasteiger partial charge is 0.340 e. The molecule has 3 heteroatoms. The summed E-state index contributed by atoms with van der Waals surface area (Å²) in [5.74, 6) is 0.355. The van der Waals surface area contributed by atoms with Crippen molar-refractivity contribution in [2.24, 2.45) is 5.92 Å². The van der Waals surface area contributed by atoms with Crippen LogP contribution in [-0.2, 0) is 14.3 Å². The molecule has 3 atom stereocenters. The Morgan fingerprint density at radius 1 is 1.50 bits per heavy atom. The molecule has 18 heavy (non-hydrogen) atoms. The molecule has 0 amide bonds. The summed E-state index contributed by atoms with van der Waals surface area (Å²) >= 11 is 0. The van der Waals surface area contributed by atoms with E-state index in [0.29, 0.717) is 12.5 Å². The Hall–Kier alpha value is -0.830. The maximum atomic E-state index is 11.7. The number of esters is 1. The molecule has 0 spiro atoms. The van der Waals surface area contributed by atoms with Gasteiger partial charge in [-0.1, -0.05) is 18.6 Å². The van der Waals surface area contributed by atoms with Gasteiger partial charge in [0.15, 0.2) is 5.60 Å². The van der Waals surface area contributed by atoms with Crippen molar-refractivity contribution in [3.8, 4) is 0 Å². The van der Waals surface area contributed by atoms with Crippen LogP contribution in [0.25, 0.3) is 0 Å². The average Bonchev–Trinajstić information content (AvgIpc) is 2.90. The lowest BCUT2D eigenvalue weighted by Gasteiger charge is -2.10. The normalized spacial score (nSPS) is 27.5. The largest absolute Gasteiger partial charge is 0.464 e. The molecule has 1 aliphatic rings. The Bertz CT molecular complexity index is 318. The van der Waals surface area contributed by atoms with Crippen molar-refractivity contribution in [1.82, 2.24) is 0 Å². The molecule has 0 aliphatic carbocycles. The van der Waals surface area contributed by atoms with E-state index >= 15 is 0 Å². The van der Waals surface area contributed by atoms with E-state index in [0.717, 1.165) is 19.3 Å². The Labute approximate surface area is 111 Å². The summed E-state index contributed by atoms with van der Waals surface area (Å²) in [6, 6.07) is 0. The first-order chi connectivity index (χ1) is 8.40. The molecule has 0 bridgehead atoms. The van der Waals surface area contributed by atoms with Crippen molar-refractivity contribution in [3.63, 3.8) is 0 Å². The lowest BCUT2D eigenvalue weighted by molar-refractivity contribution is -0.148. The maximum absolute atomic E-state index is 11.7. The Morgan fingerprint density at radius 2 is 2.17 bits per heavy atom. The topological polar surface area (TPSA) is 38.8 Å². The Kier molecular flexibility index (Phi) is 5.39. The number of carbonyl (C=O) groups is 1. The SMILES string of the molecule is CCOC(=O)C1(C)OC1CC(C)CCC=C(C)C. The molecule has 3 unspecified atom stereocenters. The minimum atomic E-state index is -0.680. The fourth-order valence-electron chi connectivity index (χ4n) is 2.13. The fraction of sp³-hybridized carbons (Fsp3) is 0.800. The fourth-order valence-corrected chi connectivity index (χ4v) is 2.13. The molecule has 104 valence electrons. The Balaban J connectivity index is 2.29. The molecule has 1 rings (SSSR count). The predicted molar refractivity (Wildman–Crippen MR) is 72.4 cm³/mol. The highest BCUT2D eigenvalue weighted by molar-refractivity contribution is 5.82. The van der Waals surface area contributed by atoms with Crippen LogP contribution in [0.15, 0.2) is 11.6 Å². The van der Waals surface area contributed by atoms with Gasteiger partial charge in [0.25, 0.3) is 0 Å². The van der Waals surface area contributed by atoms with Crippen LogP contribution < -0.4 is 0 Å². The van der Waals surface area contributed by atoms with Gasteiger partial charge in [-0.2, -0.15) is 0 Å². The first-order valence-electron chi connectivity index (χ1n) is 6.88. The van der Waals surface area contributed by atoms with Gasteiger partial charge in [0.05, 0.1) is 12.7 Å². The summed E-state index contributed by atoms with van der Waals surface area (Å²) in [4.78, 5) is 11.7. The van der Waals surface area contributed by atoms with Gasteiger partial charge in [-0.05, 0) is 52.9 Å². The summed E-state index contributed by atoms with van der Waals surface area (Å²) in [5, 5.41) is 0. The van der Waals surface area contributed by atoms with E-state index in [1.54, 1.807) is 0 Å². The van der Waals surface area contributed by atoms with E-state index in [9.17, 15) is 4.79 Å². The number of carbonyl (C=O) groups excluding carboxylic acids is 1. The number of rotatable bonds is 7. The number of allylic oxidation sites excluding steroid dienone is 2. The molecule has 1 aliphatic heterocycles. The molecular weight excluding hydrogens is 228 g/mol. The molecule has 0 aromatic heterocycles. The average molecular weight is 254 g/mol. The van der Waals surface area contributed by atoms with Crippen LogP contribution in [0.4, 0.5) is 0 Å². The van der Waals surface area contributed by atoms with E-state index in [-0.39, 0.29) is 12.1 Å². The zero-order valence-corrected chi connectivity index (χ0v) is 12.3. The molecule has 0 N–H and O–H groups in total. The third kappa shape index (κ3) is 4.13. The number of ether oxygens (including phenoxy) is 2. The third-order valence-electron chi connectivity index (χ3n) is 3.45. The second-order valence-corrected chi connectivity index (χ2v) is 5.63. The Morgan fingerprint density at radius 3 is 2.72 bits per heavy atom. The van der Waals surface area contributed by atoms with Gasteiger partial charge >= 0.3 is 5.97 Å². The zero-order chi connectivity index (χ0) is 13.8. The van der Waals surface area contributed by atoms with Crippen LogP contribution in [0.3, 0.4) is 0 Å². The van der Waals surface area contributed by atoms with Crippen molar-refractivity contribution in [1.29, 1.82) is 0 Å². The minimum absolute atomic E-state index is 0.0400. The summed E-state index contributed by atoms with van der Waals surface area (Å²) in [5.41, 5.74) is 0.682. The predicted octanol–water partition coefficient (Wildman–Crippen LogP) is 3.48. The molecule has 0 aromatic rings. The van der Waals surface area contributed by atoms with Gasteiger partial charge in [0.2, 0.25) is 0 Å². The second-order valence-electron chi connectivity index (χ2n) is 5.63. The third-order valence-corrected chi connectivity index (χ3v) is 3.45. The van der Waals surface area contributed by atoms with Crippen LogP contribution in [0, 0.1) is 5.92 Å². The standard InChI is InChI=1S/C15H26O3/c1-6-17-14(16)15(5)13(18-15)10-12(4)9-7-8-11(2)3/h8,12-13H,6-7,9-10H2,1-5H3. The van der Waals surface area contributed by atoms with Crippen LogP contribution in [0.1, 0.15) is 53.9 Å². The summed E-state index contributed by atoms with van der Waals surface area (Å²) in [6.07, 6.45) is 5.48. The van der Waals surface area contributed by atoms with Crippen molar-refractivity contribution in [2.45, 2.75) is 65.6 Å². The minimum Gasteiger partial charge on any atom is -0.464 e. The number of epoxide rings is 1. The molecule has 1 fully saturated rings. The van der Waals surface area contributed by atoms with E-state index in [1.807, 2.05) is 13.8 Å². The van der Waals surface area contributed by atoms with Crippen molar-refractivity contribution >= 4 is 5.97 Å². The van der Waals surface area contributed by atoms with Gasteiger partial charge in [0, 0.05) is 0 Å². The highest BCUT2D eigenvalue weighted by atomic mass is 16.7. The monoisotopic (exact) mass is 254 g/mol. The van der Waals surface area contributed by atoms with E-state index in [4.69, 9.17) is 9.47 Å². The first-order valence-corrected chi connectivity index (χ1v) is 6.88. The molecule has 1 heterocycles. The van der Waals surface area contributed by atoms with Crippen LogP contribution in [-0.4, -0.2) is 24.3 Å². The quantitative estimate of drug-likeness (QED) is 0.396. The molecule has 0 saturated carbocycles. The van der Waals surface area contributed by atoms with Gasteiger partial charge in [-0.15, -0.1) is 0 Å². The van der Waals surface area contributed by atoms with E-state index in [1.165, 1.54) is 5.57 Å². The second kappa shape index (κ2) is 6.37. The summed E-state index contributed by atoms with van der Waals surface area (Å²) < 4.78 is 10.5. The van der Waals surface area contributed by atoms with Crippen molar-refractivity contribution < 1.29 is 14.3 Å². The molecular formula is C15H26O3. The van der Waals surface area contributed by atoms with Gasteiger partial charge in [-0.25, -0.2) is 4.79 Å². The number of hydrogen-bond donors (Lipinski definition) is 0. The van der Waals surface area contributed by atoms with Gasteiger partial charge in [0.1, 0.15) is 0 Å². The lowest BCUT2D eigenvalue weighted by Crippen LogP contribution is -2.26. The zero-order valence-electron chi connectivity index (χ0n) is 12.3. The number of hydrogen-bond acceptors (Lipinski definition) is 3. The van der Waals surface area contributed by atoms with Crippen LogP contribution >= 0.6 is 0 Å². The molecule has 1 saturated heterocycles. The van der Waals surface area contributed by atoms with Crippen molar-refractivity contribution in [3.05, 3.63) is 11.6 Å². The highest BCUT2D eigenvalue weighted by Crippen LogP contribution is 2.41. The summed E-state index contributed by atoms with van der Waals surface area (Å²) in [7, 11) is 0. The van der Waals surface area contributed by atoms with E-state index < -0.39 is 5.60 Å². The van der Waals surface area contributed by atoms with Crippen LogP contribution in [0.2, 0.25) is 0 Å². The maximum Gasteiger partial charge on any atom is 0.340 e. The van der Waals surface area contributed by atoms with E-state index in [2.05, 4.69) is 26.8 Å². The van der Waals surface area contributed by atoms with Gasteiger partial charge < -0.3 is 9.47 Å². The lowest BCUT2D eigenvalue weighted by atomic mass is 9.94. The van der Waals surface area contributed by atoms with Crippen molar-refractivity contribution in [2.75, 3.05) is 6.61 Å². The molecule has 0 aromatic carbocycles. The molecule has 0 radical (unpaired) electrons. The van der Waals surface area contributed by atoms with Crippen LogP contribution in [0.5, 0.6) is 0 Å². The highest BCUT2D eigenvalue weighted by Gasteiger charge is 2.59.